The number of thiophene rings is 1. The SMILES string of the molecule is CCC(CCc1ccc(Cl)s1)Nc1nc(C)nc(NC=O)n1. The summed E-state index contributed by atoms with van der Waals surface area (Å²) in [4.78, 5) is 24.2. The van der Waals surface area contributed by atoms with Gasteiger partial charge in [-0.2, -0.15) is 15.0 Å². The van der Waals surface area contributed by atoms with E-state index in [0.29, 0.717) is 18.2 Å². The smallest absolute Gasteiger partial charge is 0.234 e. The van der Waals surface area contributed by atoms with Gasteiger partial charge < -0.3 is 5.32 Å². The summed E-state index contributed by atoms with van der Waals surface area (Å²) in [5, 5.41) is 5.74. The molecule has 0 aliphatic carbocycles. The summed E-state index contributed by atoms with van der Waals surface area (Å²) in [6.45, 7) is 3.87. The zero-order chi connectivity index (χ0) is 15.9. The molecule has 1 unspecified atom stereocenters. The summed E-state index contributed by atoms with van der Waals surface area (Å²) in [5.74, 6) is 1.29. The molecule has 118 valence electrons. The molecule has 1 amide bonds. The Morgan fingerprint density at radius 2 is 2.09 bits per heavy atom. The molecule has 6 nitrogen and oxygen atoms in total. The van der Waals surface area contributed by atoms with Crippen LogP contribution in [0.1, 0.15) is 30.5 Å². The van der Waals surface area contributed by atoms with Crippen LogP contribution in [0.5, 0.6) is 0 Å². The minimum atomic E-state index is 0.242. The number of aryl methyl sites for hydroxylation is 2. The van der Waals surface area contributed by atoms with E-state index in [9.17, 15) is 4.79 Å². The maximum absolute atomic E-state index is 10.5. The van der Waals surface area contributed by atoms with Gasteiger partial charge in [0.25, 0.3) is 0 Å². The van der Waals surface area contributed by atoms with E-state index in [-0.39, 0.29) is 12.0 Å². The summed E-state index contributed by atoms with van der Waals surface area (Å²) in [5.41, 5.74) is 0. The summed E-state index contributed by atoms with van der Waals surface area (Å²) < 4.78 is 0.814. The van der Waals surface area contributed by atoms with Gasteiger partial charge in [-0.05, 0) is 38.3 Å². The minimum absolute atomic E-state index is 0.242. The van der Waals surface area contributed by atoms with Crippen molar-refractivity contribution in [3.8, 4) is 0 Å². The Kier molecular flexibility index (Phi) is 6.09. The molecule has 2 aromatic heterocycles. The first kappa shape index (κ1) is 16.6. The monoisotopic (exact) mass is 339 g/mol. The molecule has 22 heavy (non-hydrogen) atoms. The molecule has 0 radical (unpaired) electrons. The Balaban J connectivity index is 1.98. The third-order valence-electron chi connectivity index (χ3n) is 3.13. The second-order valence-corrected chi connectivity index (χ2v) is 6.59. The molecule has 0 saturated heterocycles. The van der Waals surface area contributed by atoms with E-state index in [1.54, 1.807) is 18.3 Å². The fourth-order valence-electron chi connectivity index (χ4n) is 2.03. The predicted molar refractivity (Wildman–Crippen MR) is 89.6 cm³/mol. The van der Waals surface area contributed by atoms with E-state index in [1.807, 2.05) is 6.07 Å². The van der Waals surface area contributed by atoms with Crippen molar-refractivity contribution in [1.82, 2.24) is 15.0 Å². The van der Waals surface area contributed by atoms with Crippen LogP contribution in [0.4, 0.5) is 11.9 Å². The molecule has 8 heteroatoms. The number of hydrogen-bond acceptors (Lipinski definition) is 6. The third kappa shape index (κ3) is 4.92. The summed E-state index contributed by atoms with van der Waals surface area (Å²) >= 11 is 7.55. The zero-order valence-corrected chi connectivity index (χ0v) is 14.0. The molecule has 0 fully saturated rings. The van der Waals surface area contributed by atoms with Gasteiger partial charge in [-0.25, -0.2) is 0 Å². The van der Waals surface area contributed by atoms with Gasteiger partial charge in [0.05, 0.1) is 4.34 Å². The van der Waals surface area contributed by atoms with Crippen molar-refractivity contribution in [1.29, 1.82) is 0 Å². The predicted octanol–water partition coefficient (Wildman–Crippen LogP) is 3.29. The molecular weight excluding hydrogens is 322 g/mol. The van der Waals surface area contributed by atoms with Gasteiger partial charge in [-0.15, -0.1) is 11.3 Å². The number of aromatic nitrogens is 3. The van der Waals surface area contributed by atoms with Crippen LogP contribution >= 0.6 is 22.9 Å². The number of carbonyl (C=O) groups is 1. The maximum Gasteiger partial charge on any atom is 0.234 e. The standard InChI is InChI=1S/C14H18ClN5OS/c1-3-10(4-5-11-6-7-12(15)22-11)19-14-18-9(2)17-13(20-14)16-8-21/h6-8,10H,3-5H2,1-2H3,(H2,16,17,18,19,20,21). The van der Waals surface area contributed by atoms with Crippen LogP contribution in [0, 0.1) is 6.92 Å². The lowest BCUT2D eigenvalue weighted by Gasteiger charge is -2.17. The Morgan fingerprint density at radius 3 is 2.73 bits per heavy atom. The van der Waals surface area contributed by atoms with Crippen LogP contribution in [0.25, 0.3) is 0 Å². The number of carbonyl (C=O) groups excluding carboxylic acids is 1. The highest BCUT2D eigenvalue weighted by atomic mass is 35.5. The molecule has 2 rings (SSSR count). The molecular formula is C14H18ClN5OS. The van der Waals surface area contributed by atoms with Gasteiger partial charge in [0.15, 0.2) is 0 Å². The fourth-order valence-corrected chi connectivity index (χ4v) is 3.13. The van der Waals surface area contributed by atoms with Crippen molar-refractivity contribution in [2.24, 2.45) is 0 Å². The van der Waals surface area contributed by atoms with E-state index in [0.717, 1.165) is 23.6 Å². The molecule has 2 aromatic rings. The van der Waals surface area contributed by atoms with E-state index >= 15 is 0 Å². The average molecular weight is 340 g/mol. The number of rotatable bonds is 8. The molecule has 2 N–H and O–H groups in total. The van der Waals surface area contributed by atoms with Crippen LogP contribution in [-0.4, -0.2) is 27.4 Å². The molecule has 0 spiro atoms. The zero-order valence-electron chi connectivity index (χ0n) is 12.5. The molecule has 0 aliphatic heterocycles. The van der Waals surface area contributed by atoms with E-state index in [4.69, 9.17) is 11.6 Å². The van der Waals surface area contributed by atoms with Crippen LogP contribution in [0.15, 0.2) is 12.1 Å². The number of hydrogen-bond donors (Lipinski definition) is 2. The number of amides is 1. The second kappa shape index (κ2) is 8.05. The van der Waals surface area contributed by atoms with E-state index < -0.39 is 0 Å². The first-order valence-electron chi connectivity index (χ1n) is 7.04. The van der Waals surface area contributed by atoms with E-state index in [1.165, 1.54) is 4.88 Å². The van der Waals surface area contributed by atoms with Crippen molar-refractivity contribution < 1.29 is 4.79 Å². The summed E-state index contributed by atoms with van der Waals surface area (Å²) in [6.07, 6.45) is 3.40. The van der Waals surface area contributed by atoms with Crippen LogP contribution in [0.2, 0.25) is 4.34 Å². The van der Waals surface area contributed by atoms with Crippen LogP contribution in [-0.2, 0) is 11.2 Å². The summed E-state index contributed by atoms with van der Waals surface area (Å²) in [6, 6.07) is 4.22. The van der Waals surface area contributed by atoms with Crippen molar-refractivity contribution in [2.75, 3.05) is 10.6 Å². The number of nitrogens with zero attached hydrogens (tertiary/aromatic N) is 3. The first-order chi connectivity index (χ1) is 10.6. The molecule has 0 saturated carbocycles. The Morgan fingerprint density at radius 1 is 1.32 bits per heavy atom. The molecule has 1 atom stereocenters. The number of anilines is 2. The lowest BCUT2D eigenvalue weighted by atomic mass is 10.1. The Hall–Kier alpha value is -1.73. The van der Waals surface area contributed by atoms with E-state index in [2.05, 4.69) is 38.6 Å². The largest absolute Gasteiger partial charge is 0.351 e. The van der Waals surface area contributed by atoms with Crippen molar-refractivity contribution in [2.45, 2.75) is 39.2 Å². The van der Waals surface area contributed by atoms with Crippen molar-refractivity contribution >= 4 is 41.2 Å². The lowest BCUT2D eigenvalue weighted by molar-refractivity contribution is -0.105. The van der Waals surface area contributed by atoms with Crippen molar-refractivity contribution in [3.63, 3.8) is 0 Å². The van der Waals surface area contributed by atoms with Gasteiger partial charge in [-0.1, -0.05) is 18.5 Å². The van der Waals surface area contributed by atoms with Gasteiger partial charge in [0, 0.05) is 10.9 Å². The lowest BCUT2D eigenvalue weighted by Crippen LogP contribution is -2.21. The Bertz CT molecular complexity index is 633. The minimum Gasteiger partial charge on any atom is -0.351 e. The van der Waals surface area contributed by atoms with Crippen LogP contribution in [0.3, 0.4) is 0 Å². The highest BCUT2D eigenvalue weighted by Gasteiger charge is 2.11. The fraction of sp³-hybridized carbons (Fsp3) is 0.429. The van der Waals surface area contributed by atoms with Gasteiger partial charge in [0.1, 0.15) is 5.82 Å². The molecule has 2 heterocycles. The van der Waals surface area contributed by atoms with Gasteiger partial charge >= 0.3 is 0 Å². The Labute approximate surface area is 138 Å². The average Bonchev–Trinajstić information content (AvgIpc) is 2.89. The highest BCUT2D eigenvalue weighted by molar-refractivity contribution is 7.16. The molecule has 0 aromatic carbocycles. The molecule has 0 bridgehead atoms. The van der Waals surface area contributed by atoms with Crippen molar-refractivity contribution in [3.05, 3.63) is 27.2 Å². The van der Waals surface area contributed by atoms with Gasteiger partial charge in [0.2, 0.25) is 18.3 Å². The molecule has 0 aliphatic rings. The number of halogens is 1. The normalized spacial score (nSPS) is 12.0. The quantitative estimate of drug-likeness (QED) is 0.721. The number of nitrogens with one attached hydrogen (secondary N) is 2. The van der Waals surface area contributed by atoms with Gasteiger partial charge in [-0.3, -0.25) is 10.1 Å². The second-order valence-electron chi connectivity index (χ2n) is 4.79. The topological polar surface area (TPSA) is 79.8 Å². The maximum atomic E-state index is 10.5. The summed E-state index contributed by atoms with van der Waals surface area (Å²) in [7, 11) is 0. The first-order valence-corrected chi connectivity index (χ1v) is 8.23. The van der Waals surface area contributed by atoms with Crippen LogP contribution < -0.4 is 10.6 Å². The highest BCUT2D eigenvalue weighted by Crippen LogP contribution is 2.23. The third-order valence-corrected chi connectivity index (χ3v) is 4.42.